The zero-order valence-electron chi connectivity index (χ0n) is 12.8. The average Bonchev–Trinajstić information content (AvgIpc) is 2.93. The van der Waals surface area contributed by atoms with Crippen molar-refractivity contribution in [2.75, 3.05) is 11.9 Å². The van der Waals surface area contributed by atoms with E-state index >= 15 is 0 Å². The van der Waals surface area contributed by atoms with Crippen LogP contribution in [0, 0.1) is 18.8 Å². The quantitative estimate of drug-likeness (QED) is 0.910. The molecule has 1 N–H and O–H groups in total. The van der Waals surface area contributed by atoms with Gasteiger partial charge in [-0.2, -0.15) is 0 Å². The number of aryl methyl sites for hydroxylation is 1. The number of nitrogens with one attached hydrogen (secondary N) is 1. The SMILES string of the molecule is Cc1nnc(-c2ccccc2NCC2CCC(C)CC2)o1. The van der Waals surface area contributed by atoms with E-state index in [1.54, 1.807) is 0 Å². The number of aromatic nitrogens is 2. The molecule has 1 aromatic carbocycles. The molecule has 0 amide bonds. The third kappa shape index (κ3) is 3.43. The molecular formula is C17H23N3O. The van der Waals surface area contributed by atoms with Gasteiger partial charge >= 0.3 is 0 Å². The van der Waals surface area contributed by atoms with Crippen molar-refractivity contribution < 1.29 is 4.42 Å². The summed E-state index contributed by atoms with van der Waals surface area (Å²) in [6, 6.07) is 8.15. The Morgan fingerprint density at radius 1 is 1.14 bits per heavy atom. The summed E-state index contributed by atoms with van der Waals surface area (Å²) in [7, 11) is 0. The Labute approximate surface area is 126 Å². The summed E-state index contributed by atoms with van der Waals surface area (Å²) in [5, 5.41) is 11.6. The van der Waals surface area contributed by atoms with Crippen molar-refractivity contribution in [1.82, 2.24) is 10.2 Å². The first-order valence-electron chi connectivity index (χ1n) is 7.85. The number of anilines is 1. The lowest BCUT2D eigenvalue weighted by Crippen LogP contribution is -2.20. The fourth-order valence-electron chi connectivity index (χ4n) is 3.02. The molecule has 1 heterocycles. The minimum Gasteiger partial charge on any atom is -0.421 e. The number of rotatable bonds is 4. The Hall–Kier alpha value is -1.84. The molecule has 1 aromatic heterocycles. The minimum absolute atomic E-state index is 0.591. The van der Waals surface area contributed by atoms with E-state index < -0.39 is 0 Å². The highest BCUT2D eigenvalue weighted by atomic mass is 16.4. The zero-order valence-corrected chi connectivity index (χ0v) is 12.8. The van der Waals surface area contributed by atoms with Crippen LogP contribution in [0.3, 0.4) is 0 Å². The lowest BCUT2D eigenvalue weighted by molar-refractivity contribution is 0.300. The van der Waals surface area contributed by atoms with Gasteiger partial charge in [0, 0.05) is 19.2 Å². The monoisotopic (exact) mass is 285 g/mol. The highest BCUT2D eigenvalue weighted by molar-refractivity contribution is 5.72. The summed E-state index contributed by atoms with van der Waals surface area (Å²) in [5.74, 6) is 2.86. The molecule has 4 nitrogen and oxygen atoms in total. The van der Waals surface area contributed by atoms with Crippen molar-refractivity contribution in [1.29, 1.82) is 0 Å². The van der Waals surface area contributed by atoms with Gasteiger partial charge in [0.15, 0.2) is 0 Å². The molecule has 2 aromatic rings. The second-order valence-electron chi connectivity index (χ2n) is 6.18. The Morgan fingerprint density at radius 2 is 1.90 bits per heavy atom. The van der Waals surface area contributed by atoms with Gasteiger partial charge < -0.3 is 9.73 Å². The number of hydrogen-bond acceptors (Lipinski definition) is 4. The Morgan fingerprint density at radius 3 is 2.62 bits per heavy atom. The highest BCUT2D eigenvalue weighted by Crippen LogP contribution is 2.30. The van der Waals surface area contributed by atoms with Crippen LogP contribution in [0.15, 0.2) is 28.7 Å². The van der Waals surface area contributed by atoms with Crippen LogP contribution in [0.25, 0.3) is 11.5 Å². The first kappa shape index (κ1) is 14.1. The van der Waals surface area contributed by atoms with E-state index in [2.05, 4.69) is 28.5 Å². The third-order valence-electron chi connectivity index (χ3n) is 4.40. The van der Waals surface area contributed by atoms with Gasteiger partial charge in [-0.1, -0.05) is 31.9 Å². The Kier molecular flexibility index (Phi) is 4.23. The molecule has 1 aliphatic carbocycles. The smallest absolute Gasteiger partial charge is 0.249 e. The van der Waals surface area contributed by atoms with Gasteiger partial charge in [0.2, 0.25) is 11.8 Å². The van der Waals surface area contributed by atoms with E-state index in [4.69, 9.17) is 4.42 Å². The summed E-state index contributed by atoms with van der Waals surface area (Å²) in [6.45, 7) is 5.20. The van der Waals surface area contributed by atoms with Crippen LogP contribution >= 0.6 is 0 Å². The van der Waals surface area contributed by atoms with Gasteiger partial charge in [-0.05, 0) is 36.8 Å². The molecular weight excluding hydrogens is 262 g/mol. The molecule has 0 bridgehead atoms. The van der Waals surface area contributed by atoms with Crippen LogP contribution in [0.5, 0.6) is 0 Å². The van der Waals surface area contributed by atoms with E-state index in [9.17, 15) is 0 Å². The molecule has 1 aliphatic rings. The summed E-state index contributed by atoms with van der Waals surface area (Å²) >= 11 is 0. The summed E-state index contributed by atoms with van der Waals surface area (Å²) < 4.78 is 5.55. The summed E-state index contributed by atoms with van der Waals surface area (Å²) in [6.07, 6.45) is 5.37. The first-order chi connectivity index (χ1) is 10.2. The fraction of sp³-hybridized carbons (Fsp3) is 0.529. The van der Waals surface area contributed by atoms with Crippen molar-refractivity contribution in [3.05, 3.63) is 30.2 Å². The van der Waals surface area contributed by atoms with Crippen molar-refractivity contribution in [3.8, 4) is 11.5 Å². The van der Waals surface area contributed by atoms with Gasteiger partial charge in [-0.15, -0.1) is 10.2 Å². The van der Waals surface area contributed by atoms with Crippen molar-refractivity contribution in [2.45, 2.75) is 39.5 Å². The molecule has 0 saturated heterocycles. The van der Waals surface area contributed by atoms with E-state index in [0.29, 0.717) is 11.8 Å². The zero-order chi connectivity index (χ0) is 14.7. The maximum atomic E-state index is 5.55. The van der Waals surface area contributed by atoms with Gasteiger partial charge in [0.05, 0.1) is 5.56 Å². The maximum Gasteiger partial charge on any atom is 0.249 e. The molecule has 21 heavy (non-hydrogen) atoms. The minimum atomic E-state index is 0.591. The van der Waals surface area contributed by atoms with Crippen LogP contribution < -0.4 is 5.32 Å². The second kappa shape index (κ2) is 6.29. The molecule has 0 aliphatic heterocycles. The highest BCUT2D eigenvalue weighted by Gasteiger charge is 2.18. The number of hydrogen-bond donors (Lipinski definition) is 1. The molecule has 1 saturated carbocycles. The predicted molar refractivity (Wildman–Crippen MR) is 84.1 cm³/mol. The number of benzene rings is 1. The number of para-hydroxylation sites is 1. The van der Waals surface area contributed by atoms with Crippen LogP contribution in [0.4, 0.5) is 5.69 Å². The Bertz CT molecular complexity index is 585. The van der Waals surface area contributed by atoms with Gasteiger partial charge in [0.1, 0.15) is 0 Å². The topological polar surface area (TPSA) is 51.0 Å². The van der Waals surface area contributed by atoms with Gasteiger partial charge in [-0.25, -0.2) is 0 Å². The van der Waals surface area contributed by atoms with Crippen LogP contribution in [0.2, 0.25) is 0 Å². The van der Waals surface area contributed by atoms with Crippen molar-refractivity contribution in [3.63, 3.8) is 0 Å². The predicted octanol–water partition coefficient (Wildman–Crippen LogP) is 4.28. The van der Waals surface area contributed by atoms with E-state index in [1.165, 1.54) is 25.7 Å². The lowest BCUT2D eigenvalue weighted by atomic mass is 9.83. The van der Waals surface area contributed by atoms with E-state index in [-0.39, 0.29) is 0 Å². The molecule has 4 heteroatoms. The maximum absolute atomic E-state index is 5.55. The molecule has 0 radical (unpaired) electrons. The molecule has 0 atom stereocenters. The normalized spacial score (nSPS) is 22.2. The second-order valence-corrected chi connectivity index (χ2v) is 6.18. The summed E-state index contributed by atoms with van der Waals surface area (Å²) in [5.41, 5.74) is 2.07. The molecule has 1 fully saturated rings. The van der Waals surface area contributed by atoms with E-state index in [0.717, 1.165) is 29.6 Å². The Balaban J connectivity index is 1.68. The molecule has 0 spiro atoms. The molecule has 112 valence electrons. The molecule has 0 unspecified atom stereocenters. The van der Waals surface area contributed by atoms with E-state index in [1.807, 2.05) is 25.1 Å². The van der Waals surface area contributed by atoms with Crippen LogP contribution in [-0.4, -0.2) is 16.7 Å². The number of nitrogens with zero attached hydrogens (tertiary/aromatic N) is 2. The third-order valence-corrected chi connectivity index (χ3v) is 4.40. The largest absolute Gasteiger partial charge is 0.421 e. The summed E-state index contributed by atoms with van der Waals surface area (Å²) in [4.78, 5) is 0. The standard InChI is InChI=1S/C17H23N3O/c1-12-7-9-14(10-8-12)11-18-16-6-4-3-5-15(16)17-20-19-13(2)21-17/h3-6,12,14,18H,7-11H2,1-2H3. The van der Waals surface area contributed by atoms with Crippen LogP contribution in [0.1, 0.15) is 38.5 Å². The average molecular weight is 285 g/mol. The first-order valence-corrected chi connectivity index (χ1v) is 7.85. The lowest BCUT2D eigenvalue weighted by Gasteiger charge is -2.26. The van der Waals surface area contributed by atoms with Gasteiger partial charge in [0.25, 0.3) is 0 Å². The van der Waals surface area contributed by atoms with Crippen LogP contribution in [-0.2, 0) is 0 Å². The van der Waals surface area contributed by atoms with Crippen molar-refractivity contribution >= 4 is 5.69 Å². The van der Waals surface area contributed by atoms with Crippen molar-refractivity contribution in [2.24, 2.45) is 11.8 Å². The molecule has 3 rings (SSSR count). The fourth-order valence-corrected chi connectivity index (χ4v) is 3.02. The van der Waals surface area contributed by atoms with Gasteiger partial charge in [-0.3, -0.25) is 0 Å².